The van der Waals surface area contributed by atoms with Crippen molar-refractivity contribution in [2.24, 2.45) is 0 Å². The van der Waals surface area contributed by atoms with E-state index in [2.05, 4.69) is 0 Å². The summed E-state index contributed by atoms with van der Waals surface area (Å²) in [6.45, 7) is 0.964. The molecule has 1 aromatic heterocycles. The quantitative estimate of drug-likeness (QED) is 0.567. The van der Waals surface area contributed by atoms with Crippen LogP contribution in [0.4, 0.5) is 5.69 Å². The van der Waals surface area contributed by atoms with Crippen LogP contribution >= 0.6 is 0 Å². The van der Waals surface area contributed by atoms with Gasteiger partial charge in [-0.15, -0.1) is 0 Å². The molecule has 1 aromatic rings. The second-order valence-corrected chi connectivity index (χ2v) is 2.99. The highest BCUT2D eigenvalue weighted by Gasteiger charge is 2.16. The maximum atomic E-state index is 11.4. The monoisotopic (exact) mass is 212 g/mol. The molecule has 0 bridgehead atoms. The molecule has 0 spiro atoms. The van der Waals surface area contributed by atoms with Gasteiger partial charge >= 0.3 is 17.2 Å². The minimum atomic E-state index is -1.23. The van der Waals surface area contributed by atoms with E-state index in [0.29, 0.717) is 5.56 Å². The Morgan fingerprint density at radius 1 is 1.67 bits per heavy atom. The van der Waals surface area contributed by atoms with Gasteiger partial charge in [-0.1, -0.05) is 0 Å². The van der Waals surface area contributed by atoms with Crippen molar-refractivity contribution in [1.29, 1.82) is 0 Å². The van der Waals surface area contributed by atoms with E-state index in [1.807, 2.05) is 0 Å². The summed E-state index contributed by atoms with van der Waals surface area (Å²) in [5, 5.41) is 18.9. The molecule has 0 aliphatic heterocycles. The molecule has 0 aromatic carbocycles. The Hall–Kier alpha value is -2.18. The largest absolute Gasteiger partial charge is 0.480 e. The van der Waals surface area contributed by atoms with Crippen molar-refractivity contribution in [1.82, 2.24) is 4.57 Å². The number of aliphatic carboxylic acids is 1. The van der Waals surface area contributed by atoms with E-state index in [-0.39, 0.29) is 0 Å². The van der Waals surface area contributed by atoms with Crippen molar-refractivity contribution in [2.45, 2.75) is 13.5 Å². The fourth-order valence-corrected chi connectivity index (χ4v) is 1.16. The third-order valence-electron chi connectivity index (χ3n) is 1.71. The average molecular weight is 212 g/mol. The van der Waals surface area contributed by atoms with Gasteiger partial charge in [0.2, 0.25) is 0 Å². The molecule has 7 nitrogen and oxygen atoms in total. The van der Waals surface area contributed by atoms with Gasteiger partial charge in [0, 0.05) is 12.3 Å². The summed E-state index contributed by atoms with van der Waals surface area (Å²) < 4.78 is 0.801. The Balaban J connectivity index is 3.35. The smallest absolute Gasteiger partial charge is 0.334 e. The van der Waals surface area contributed by atoms with Crippen LogP contribution < -0.4 is 5.56 Å². The van der Waals surface area contributed by atoms with Gasteiger partial charge in [-0.2, -0.15) is 0 Å². The van der Waals surface area contributed by atoms with Crippen molar-refractivity contribution < 1.29 is 14.8 Å². The summed E-state index contributed by atoms with van der Waals surface area (Å²) in [5.41, 5.74) is -1.06. The predicted molar refractivity (Wildman–Crippen MR) is 49.7 cm³/mol. The van der Waals surface area contributed by atoms with Gasteiger partial charge in [0.1, 0.15) is 6.54 Å². The Morgan fingerprint density at radius 3 is 2.73 bits per heavy atom. The summed E-state index contributed by atoms with van der Waals surface area (Å²) >= 11 is 0. The third-order valence-corrected chi connectivity index (χ3v) is 1.71. The van der Waals surface area contributed by atoms with Gasteiger partial charge < -0.3 is 5.11 Å². The molecule has 0 fully saturated rings. The van der Waals surface area contributed by atoms with Crippen molar-refractivity contribution in [2.75, 3.05) is 0 Å². The third kappa shape index (κ3) is 2.39. The number of rotatable bonds is 3. The van der Waals surface area contributed by atoms with Crippen LogP contribution in [0.2, 0.25) is 0 Å². The SMILES string of the molecule is Cc1cc([N+](=O)[O-])c(=O)n(CC(=O)O)c1. The Bertz CT molecular complexity index is 476. The summed E-state index contributed by atoms with van der Waals surface area (Å²) in [5.74, 6) is -1.23. The molecule has 0 saturated carbocycles. The molecule has 80 valence electrons. The Kier molecular flexibility index (Phi) is 2.84. The number of pyridine rings is 1. The number of carbonyl (C=O) groups is 1. The fraction of sp³-hybridized carbons (Fsp3) is 0.250. The molecule has 7 heteroatoms. The van der Waals surface area contributed by atoms with Crippen LogP contribution in [-0.4, -0.2) is 20.6 Å². The van der Waals surface area contributed by atoms with Gasteiger partial charge in [-0.05, 0) is 12.5 Å². The van der Waals surface area contributed by atoms with Crippen LogP contribution in [0.15, 0.2) is 17.1 Å². The number of nitrogens with zero attached hydrogens (tertiary/aromatic N) is 2. The molecule has 0 amide bonds. The van der Waals surface area contributed by atoms with Gasteiger partial charge in [-0.3, -0.25) is 24.3 Å². The first-order valence-electron chi connectivity index (χ1n) is 3.99. The van der Waals surface area contributed by atoms with Crippen LogP contribution in [0.5, 0.6) is 0 Å². The van der Waals surface area contributed by atoms with Crippen molar-refractivity contribution >= 4 is 11.7 Å². The minimum absolute atomic E-state index is 0.461. The van der Waals surface area contributed by atoms with Crippen molar-refractivity contribution in [3.05, 3.63) is 38.3 Å². The maximum absolute atomic E-state index is 11.4. The second-order valence-electron chi connectivity index (χ2n) is 2.99. The van der Waals surface area contributed by atoms with Crippen molar-refractivity contribution in [3.8, 4) is 0 Å². The van der Waals surface area contributed by atoms with Crippen LogP contribution in [0.1, 0.15) is 5.56 Å². The topological polar surface area (TPSA) is 102 Å². The average Bonchev–Trinajstić information content (AvgIpc) is 2.09. The fourth-order valence-electron chi connectivity index (χ4n) is 1.16. The molecule has 0 atom stereocenters. The number of aromatic nitrogens is 1. The van der Waals surface area contributed by atoms with E-state index < -0.39 is 28.7 Å². The molecular formula is C8H8N2O5. The van der Waals surface area contributed by atoms with Crippen LogP contribution in [0, 0.1) is 17.0 Å². The molecule has 1 rings (SSSR count). The lowest BCUT2D eigenvalue weighted by Crippen LogP contribution is -2.25. The van der Waals surface area contributed by atoms with E-state index in [1.165, 1.54) is 6.20 Å². The number of carboxylic acid groups (broad SMARTS) is 1. The molecule has 15 heavy (non-hydrogen) atoms. The summed E-state index contributed by atoms with van der Waals surface area (Å²) in [6, 6.07) is 1.11. The van der Waals surface area contributed by atoms with Crippen LogP contribution in [0.25, 0.3) is 0 Å². The van der Waals surface area contributed by atoms with E-state index in [1.54, 1.807) is 6.92 Å². The molecular weight excluding hydrogens is 204 g/mol. The normalized spacial score (nSPS) is 9.93. The van der Waals surface area contributed by atoms with Gasteiger partial charge in [0.25, 0.3) is 0 Å². The molecule has 0 saturated heterocycles. The first-order valence-corrected chi connectivity index (χ1v) is 3.99. The first-order chi connectivity index (χ1) is 6.91. The molecule has 0 unspecified atom stereocenters. The lowest BCUT2D eigenvalue weighted by Gasteiger charge is -2.02. The number of aryl methyl sites for hydroxylation is 1. The van der Waals surface area contributed by atoms with E-state index in [9.17, 15) is 19.7 Å². The number of hydrogen-bond donors (Lipinski definition) is 1. The predicted octanol–water partition coefficient (Wildman–Crippen LogP) is 0.150. The van der Waals surface area contributed by atoms with E-state index in [0.717, 1.165) is 10.6 Å². The van der Waals surface area contributed by atoms with Crippen molar-refractivity contribution in [3.63, 3.8) is 0 Å². The highest BCUT2D eigenvalue weighted by molar-refractivity contribution is 5.66. The number of hydrogen-bond acceptors (Lipinski definition) is 4. The lowest BCUT2D eigenvalue weighted by molar-refractivity contribution is -0.386. The Labute approximate surface area is 83.7 Å². The second kappa shape index (κ2) is 3.91. The highest BCUT2D eigenvalue weighted by atomic mass is 16.6. The van der Waals surface area contributed by atoms with Gasteiger partial charge in [-0.25, -0.2) is 0 Å². The number of carboxylic acids is 1. The molecule has 0 aliphatic rings. The van der Waals surface area contributed by atoms with E-state index in [4.69, 9.17) is 5.11 Å². The van der Waals surface area contributed by atoms with E-state index >= 15 is 0 Å². The lowest BCUT2D eigenvalue weighted by atomic mass is 10.3. The minimum Gasteiger partial charge on any atom is -0.480 e. The summed E-state index contributed by atoms with van der Waals surface area (Å²) in [6.07, 6.45) is 1.27. The molecule has 1 heterocycles. The Morgan fingerprint density at radius 2 is 2.27 bits per heavy atom. The summed E-state index contributed by atoms with van der Waals surface area (Å²) in [4.78, 5) is 31.4. The molecule has 1 N–H and O–H groups in total. The zero-order valence-corrected chi connectivity index (χ0v) is 7.84. The van der Waals surface area contributed by atoms with Gasteiger partial charge in [0.15, 0.2) is 0 Å². The standard InChI is InChI=1S/C8H8N2O5/c1-5-2-6(10(14)15)8(13)9(3-5)4-7(11)12/h2-3H,4H2,1H3,(H,11,12). The first kappa shape index (κ1) is 10.9. The summed E-state index contributed by atoms with van der Waals surface area (Å²) in [7, 11) is 0. The molecule has 0 radical (unpaired) electrons. The number of nitro groups is 1. The zero-order chi connectivity index (χ0) is 11.6. The van der Waals surface area contributed by atoms with Crippen LogP contribution in [0.3, 0.4) is 0 Å². The highest BCUT2D eigenvalue weighted by Crippen LogP contribution is 2.06. The molecule has 0 aliphatic carbocycles. The maximum Gasteiger partial charge on any atom is 0.334 e. The van der Waals surface area contributed by atoms with Gasteiger partial charge in [0.05, 0.1) is 4.92 Å². The van der Waals surface area contributed by atoms with Crippen LogP contribution in [-0.2, 0) is 11.3 Å². The zero-order valence-electron chi connectivity index (χ0n) is 7.84.